The first-order chi connectivity index (χ1) is 15.1. The number of carbonyl (C=O) groups excluding carboxylic acids is 1. The minimum absolute atomic E-state index is 0.0218. The van der Waals surface area contributed by atoms with Gasteiger partial charge in [-0.15, -0.1) is 0 Å². The molecule has 0 bridgehead atoms. The Morgan fingerprint density at radius 1 is 1.25 bits per heavy atom. The van der Waals surface area contributed by atoms with Gasteiger partial charge in [0.15, 0.2) is 0 Å². The molecule has 1 aromatic heterocycles. The van der Waals surface area contributed by atoms with Crippen LogP contribution in [-0.2, 0) is 14.8 Å². The van der Waals surface area contributed by atoms with Crippen molar-refractivity contribution in [2.24, 2.45) is 0 Å². The number of amides is 1. The summed E-state index contributed by atoms with van der Waals surface area (Å²) < 4.78 is 38.4. The van der Waals surface area contributed by atoms with E-state index in [1.54, 1.807) is 26.1 Å². The van der Waals surface area contributed by atoms with Crippen LogP contribution in [0, 0.1) is 6.92 Å². The molecule has 8 nitrogen and oxygen atoms in total. The molecule has 0 saturated heterocycles. The number of hydrogen-bond donors (Lipinski definition) is 2. The standard InChI is InChI=1S/C23H26N2O6S/c1-13-5-7-15(8-6-13)22-21(23(27)24-3)18-9-17-14(2)30-16(12-26)11-25(32(4,28)29)19(17)10-20(18)31-22/h5-10,14,16,26H,11-12H2,1-4H3,(H,24,27)/t14-,16-/m0/s1. The smallest absolute Gasteiger partial charge is 0.255 e. The van der Waals surface area contributed by atoms with E-state index in [9.17, 15) is 18.3 Å². The van der Waals surface area contributed by atoms with Gasteiger partial charge >= 0.3 is 0 Å². The first kappa shape index (κ1) is 22.3. The summed E-state index contributed by atoms with van der Waals surface area (Å²) in [7, 11) is -2.11. The lowest BCUT2D eigenvalue weighted by Gasteiger charge is -2.24. The van der Waals surface area contributed by atoms with Crippen molar-refractivity contribution in [3.63, 3.8) is 0 Å². The van der Waals surface area contributed by atoms with Gasteiger partial charge in [0.2, 0.25) is 10.0 Å². The molecule has 2 atom stereocenters. The van der Waals surface area contributed by atoms with Crippen LogP contribution in [0.2, 0.25) is 0 Å². The van der Waals surface area contributed by atoms with Gasteiger partial charge in [0.05, 0.1) is 42.9 Å². The maximum Gasteiger partial charge on any atom is 0.255 e. The number of aliphatic hydroxyl groups excluding tert-OH is 1. The highest BCUT2D eigenvalue weighted by molar-refractivity contribution is 7.92. The van der Waals surface area contributed by atoms with Crippen LogP contribution in [0.15, 0.2) is 40.8 Å². The van der Waals surface area contributed by atoms with Crippen molar-refractivity contribution >= 4 is 32.6 Å². The van der Waals surface area contributed by atoms with Gasteiger partial charge in [-0.05, 0) is 19.9 Å². The van der Waals surface area contributed by atoms with E-state index in [0.29, 0.717) is 33.5 Å². The van der Waals surface area contributed by atoms with Crippen LogP contribution in [0.4, 0.5) is 5.69 Å². The molecule has 9 heteroatoms. The van der Waals surface area contributed by atoms with Crippen molar-refractivity contribution in [1.82, 2.24) is 5.32 Å². The molecule has 2 aromatic carbocycles. The summed E-state index contributed by atoms with van der Waals surface area (Å²) in [6.45, 7) is 3.42. The number of aliphatic hydroxyl groups is 1. The number of anilines is 1. The zero-order valence-corrected chi connectivity index (χ0v) is 19.2. The quantitative estimate of drug-likeness (QED) is 0.622. The van der Waals surface area contributed by atoms with Gasteiger partial charge in [-0.25, -0.2) is 8.42 Å². The van der Waals surface area contributed by atoms with Gasteiger partial charge in [0.25, 0.3) is 5.91 Å². The highest BCUT2D eigenvalue weighted by Crippen LogP contribution is 2.42. The molecule has 3 aromatic rings. The van der Waals surface area contributed by atoms with Crippen molar-refractivity contribution in [2.45, 2.75) is 26.1 Å². The lowest BCUT2D eigenvalue weighted by molar-refractivity contribution is -0.0227. The number of ether oxygens (including phenoxy) is 1. The summed E-state index contributed by atoms with van der Waals surface area (Å²) in [5.74, 6) is 0.0990. The molecule has 4 rings (SSSR count). The second kappa shape index (κ2) is 8.23. The molecule has 0 unspecified atom stereocenters. The van der Waals surface area contributed by atoms with Crippen LogP contribution in [0.3, 0.4) is 0 Å². The summed E-state index contributed by atoms with van der Waals surface area (Å²) in [5.41, 5.74) is 3.59. The Labute approximate surface area is 186 Å². The normalized spacial score (nSPS) is 19.0. The Kier molecular flexibility index (Phi) is 5.74. The number of furan rings is 1. The number of nitrogens with one attached hydrogen (secondary N) is 1. The van der Waals surface area contributed by atoms with E-state index in [1.165, 1.54) is 4.31 Å². The number of aryl methyl sites for hydroxylation is 1. The predicted octanol–water partition coefficient (Wildman–Crippen LogP) is 2.99. The molecule has 0 aliphatic carbocycles. The summed E-state index contributed by atoms with van der Waals surface area (Å²) in [6, 6.07) is 11.0. The van der Waals surface area contributed by atoms with E-state index in [0.717, 1.165) is 17.4 Å². The van der Waals surface area contributed by atoms with E-state index >= 15 is 0 Å². The Balaban J connectivity index is 2.01. The van der Waals surface area contributed by atoms with Crippen molar-refractivity contribution in [3.8, 4) is 11.3 Å². The maximum absolute atomic E-state index is 12.8. The van der Waals surface area contributed by atoms with E-state index in [2.05, 4.69) is 5.32 Å². The number of rotatable bonds is 4. The van der Waals surface area contributed by atoms with E-state index in [-0.39, 0.29) is 19.1 Å². The van der Waals surface area contributed by atoms with Gasteiger partial charge in [0, 0.05) is 29.6 Å². The van der Waals surface area contributed by atoms with Crippen LogP contribution in [0.25, 0.3) is 22.3 Å². The molecular weight excluding hydrogens is 432 g/mol. The van der Waals surface area contributed by atoms with E-state index in [4.69, 9.17) is 9.15 Å². The number of carbonyl (C=O) groups is 1. The minimum Gasteiger partial charge on any atom is -0.455 e. The molecular formula is C23H26N2O6S. The van der Waals surface area contributed by atoms with Gasteiger partial charge in [-0.2, -0.15) is 0 Å². The van der Waals surface area contributed by atoms with Crippen molar-refractivity contribution in [1.29, 1.82) is 0 Å². The molecule has 1 aliphatic rings. The molecule has 0 saturated carbocycles. The Bertz CT molecular complexity index is 1280. The van der Waals surface area contributed by atoms with Gasteiger partial charge in [-0.1, -0.05) is 29.8 Å². The van der Waals surface area contributed by atoms with Crippen molar-refractivity contribution in [3.05, 3.63) is 53.1 Å². The highest BCUT2D eigenvalue weighted by Gasteiger charge is 2.33. The zero-order valence-electron chi connectivity index (χ0n) is 18.4. The molecule has 2 heterocycles. The molecule has 0 radical (unpaired) electrons. The largest absolute Gasteiger partial charge is 0.455 e. The van der Waals surface area contributed by atoms with Crippen LogP contribution < -0.4 is 9.62 Å². The monoisotopic (exact) mass is 458 g/mol. The molecule has 2 N–H and O–H groups in total. The average molecular weight is 459 g/mol. The summed E-state index contributed by atoms with van der Waals surface area (Å²) in [4.78, 5) is 12.8. The summed E-state index contributed by atoms with van der Waals surface area (Å²) >= 11 is 0. The number of fused-ring (bicyclic) bond motifs is 2. The third kappa shape index (κ3) is 3.87. The Hall–Kier alpha value is -2.88. The lowest BCUT2D eigenvalue weighted by Crippen LogP contribution is -2.38. The van der Waals surface area contributed by atoms with Crippen LogP contribution >= 0.6 is 0 Å². The molecule has 0 spiro atoms. The second-order valence-corrected chi connectivity index (χ2v) is 9.94. The second-order valence-electron chi connectivity index (χ2n) is 8.04. The number of hydrogen-bond acceptors (Lipinski definition) is 6. The SMILES string of the molecule is CNC(=O)c1c(-c2ccc(C)cc2)oc2cc3c(cc12)[C@H](C)O[C@H](CO)CN3S(C)(=O)=O. The molecule has 1 amide bonds. The van der Waals surface area contributed by atoms with Crippen LogP contribution in [0.1, 0.15) is 34.5 Å². The molecule has 170 valence electrons. The van der Waals surface area contributed by atoms with Gasteiger partial charge < -0.3 is 19.6 Å². The summed E-state index contributed by atoms with van der Waals surface area (Å²) in [5, 5.41) is 12.9. The third-order valence-electron chi connectivity index (χ3n) is 5.68. The topological polar surface area (TPSA) is 109 Å². The Morgan fingerprint density at radius 3 is 2.53 bits per heavy atom. The maximum atomic E-state index is 12.8. The third-order valence-corrected chi connectivity index (χ3v) is 6.83. The van der Waals surface area contributed by atoms with Crippen LogP contribution in [-0.4, -0.2) is 52.0 Å². The van der Waals surface area contributed by atoms with Gasteiger partial charge in [-0.3, -0.25) is 9.10 Å². The van der Waals surface area contributed by atoms with E-state index in [1.807, 2.05) is 31.2 Å². The predicted molar refractivity (Wildman–Crippen MR) is 122 cm³/mol. The van der Waals surface area contributed by atoms with Crippen LogP contribution in [0.5, 0.6) is 0 Å². The van der Waals surface area contributed by atoms with E-state index < -0.39 is 22.2 Å². The molecule has 32 heavy (non-hydrogen) atoms. The number of sulfonamides is 1. The number of nitrogens with zero attached hydrogens (tertiary/aromatic N) is 1. The van der Waals surface area contributed by atoms with Crippen molar-refractivity contribution < 1.29 is 27.5 Å². The Morgan fingerprint density at radius 2 is 1.94 bits per heavy atom. The molecule has 1 aliphatic heterocycles. The highest BCUT2D eigenvalue weighted by atomic mass is 32.2. The minimum atomic E-state index is -3.66. The first-order valence-electron chi connectivity index (χ1n) is 10.3. The average Bonchev–Trinajstić information content (AvgIpc) is 3.05. The lowest BCUT2D eigenvalue weighted by atomic mass is 10.00. The fourth-order valence-corrected chi connectivity index (χ4v) is 5.00. The molecule has 0 fully saturated rings. The number of benzene rings is 2. The van der Waals surface area contributed by atoms with Crippen molar-refractivity contribution in [2.75, 3.05) is 30.8 Å². The summed E-state index contributed by atoms with van der Waals surface area (Å²) in [6.07, 6.45) is -0.0742. The van der Waals surface area contributed by atoms with Gasteiger partial charge in [0.1, 0.15) is 11.3 Å². The first-order valence-corrected chi connectivity index (χ1v) is 12.1. The fraction of sp³-hybridized carbons (Fsp3) is 0.348. The fourth-order valence-electron chi connectivity index (χ4n) is 4.05. The zero-order chi connectivity index (χ0) is 23.2.